The summed E-state index contributed by atoms with van der Waals surface area (Å²) in [6.07, 6.45) is 3.00. The molecule has 2 amide bonds. The van der Waals surface area contributed by atoms with E-state index in [0.717, 1.165) is 15.8 Å². The number of anilines is 1. The third kappa shape index (κ3) is 5.23. The molecule has 1 aromatic heterocycles. The summed E-state index contributed by atoms with van der Waals surface area (Å²) in [5, 5.41) is 3.15. The maximum absolute atomic E-state index is 13.2. The van der Waals surface area contributed by atoms with Gasteiger partial charge < -0.3 is 20.9 Å². The van der Waals surface area contributed by atoms with Crippen LogP contribution in [-0.4, -0.2) is 66.6 Å². The minimum Gasteiger partial charge on any atom is -0.379 e. The number of aryl methyl sites for hydroxylation is 1. The molecule has 2 heterocycles. The van der Waals surface area contributed by atoms with Gasteiger partial charge in [-0.25, -0.2) is 17.7 Å². The molecule has 1 aromatic carbocycles. The first kappa shape index (κ1) is 22.8. The van der Waals surface area contributed by atoms with Gasteiger partial charge in [-0.2, -0.15) is 0 Å². The van der Waals surface area contributed by atoms with Crippen molar-refractivity contribution in [3.05, 3.63) is 41.5 Å². The number of nitrogens with two attached hydrogens (primary N) is 1. The first-order valence-electron chi connectivity index (χ1n) is 9.98. The number of hydrogen-bond donors (Lipinski definition) is 3. The third-order valence-electron chi connectivity index (χ3n) is 5.28. The van der Waals surface area contributed by atoms with Gasteiger partial charge in [-0.05, 0) is 38.0 Å². The number of carbonyl (C=O) groups is 2. The van der Waals surface area contributed by atoms with Crippen molar-refractivity contribution < 1.29 is 18.0 Å². The summed E-state index contributed by atoms with van der Waals surface area (Å²) in [5.41, 5.74) is 6.97. The maximum Gasteiger partial charge on any atom is 0.253 e. The van der Waals surface area contributed by atoms with Crippen molar-refractivity contribution in [3.8, 4) is 0 Å². The molecule has 168 valence electrons. The standard InChI is InChI=1S/C20H28N6O4S/c1-13-22-10-17(24-13)11-23-16-7-15(8-18(9-16)31(29,30)25(2)3)20(28)26-6-4-5-14(12-26)19(21)27/h7-10,14,23H,4-6,11-12H2,1-3H3,(H2,21,27)(H,22,24). The SMILES string of the molecule is Cc1ncc(CNc2cc(C(=O)N3CCCC(C(N)=O)C3)cc(S(=O)(=O)N(C)C)c2)[nH]1. The zero-order valence-electron chi connectivity index (χ0n) is 17.9. The molecule has 3 rings (SSSR count). The van der Waals surface area contributed by atoms with Gasteiger partial charge in [0.15, 0.2) is 0 Å². The van der Waals surface area contributed by atoms with E-state index in [9.17, 15) is 18.0 Å². The van der Waals surface area contributed by atoms with Gasteiger partial charge in [0.05, 0.1) is 29.2 Å². The number of nitrogens with one attached hydrogen (secondary N) is 2. The first-order valence-corrected chi connectivity index (χ1v) is 11.4. The number of hydrogen-bond acceptors (Lipinski definition) is 6. The number of primary amides is 1. The van der Waals surface area contributed by atoms with E-state index in [1.165, 1.54) is 26.2 Å². The number of imidazole rings is 1. The van der Waals surface area contributed by atoms with Crippen LogP contribution in [0, 0.1) is 12.8 Å². The Hall–Kier alpha value is -2.92. The molecule has 10 nitrogen and oxygen atoms in total. The number of carbonyl (C=O) groups excluding carboxylic acids is 2. The molecule has 0 bridgehead atoms. The number of rotatable bonds is 7. The van der Waals surface area contributed by atoms with Crippen molar-refractivity contribution in [1.29, 1.82) is 0 Å². The predicted molar refractivity (Wildman–Crippen MR) is 116 cm³/mol. The van der Waals surface area contributed by atoms with Crippen LogP contribution in [0.5, 0.6) is 0 Å². The molecule has 11 heteroatoms. The summed E-state index contributed by atoms with van der Waals surface area (Å²) in [5.74, 6) is -0.390. The number of H-pyrrole nitrogens is 1. The van der Waals surface area contributed by atoms with Crippen LogP contribution < -0.4 is 11.1 Å². The van der Waals surface area contributed by atoms with Crippen LogP contribution in [0.4, 0.5) is 5.69 Å². The Labute approximate surface area is 181 Å². The second-order valence-corrected chi connectivity index (χ2v) is 10.0. The Morgan fingerprint density at radius 2 is 2.06 bits per heavy atom. The molecular formula is C20H28N6O4S. The van der Waals surface area contributed by atoms with E-state index >= 15 is 0 Å². The van der Waals surface area contributed by atoms with Crippen molar-refractivity contribution in [1.82, 2.24) is 19.2 Å². The van der Waals surface area contributed by atoms with Gasteiger partial charge in [0, 0.05) is 38.4 Å². The first-order chi connectivity index (χ1) is 14.6. The lowest BCUT2D eigenvalue weighted by molar-refractivity contribution is -0.123. The van der Waals surface area contributed by atoms with E-state index in [2.05, 4.69) is 15.3 Å². The average Bonchev–Trinajstić information content (AvgIpc) is 3.16. The minimum absolute atomic E-state index is 0.00935. The molecule has 0 spiro atoms. The van der Waals surface area contributed by atoms with Gasteiger partial charge >= 0.3 is 0 Å². The molecule has 1 atom stereocenters. The van der Waals surface area contributed by atoms with E-state index in [1.807, 2.05) is 6.92 Å². The van der Waals surface area contributed by atoms with Crippen LogP contribution in [0.3, 0.4) is 0 Å². The quantitative estimate of drug-likeness (QED) is 0.575. The number of amides is 2. The van der Waals surface area contributed by atoms with E-state index < -0.39 is 21.8 Å². The van der Waals surface area contributed by atoms with Crippen molar-refractivity contribution in [2.75, 3.05) is 32.5 Å². The molecule has 0 saturated carbocycles. The molecule has 1 aliphatic heterocycles. The normalized spacial score (nSPS) is 17.0. The fourth-order valence-corrected chi connectivity index (χ4v) is 4.49. The summed E-state index contributed by atoms with van der Waals surface area (Å²) in [6.45, 7) is 2.94. The van der Waals surface area contributed by atoms with Crippen molar-refractivity contribution >= 4 is 27.5 Å². The number of aromatic amines is 1. The zero-order valence-corrected chi connectivity index (χ0v) is 18.7. The molecule has 1 aliphatic rings. The molecule has 1 saturated heterocycles. The summed E-state index contributed by atoms with van der Waals surface area (Å²) in [4.78, 5) is 33.5. The number of sulfonamides is 1. The van der Waals surface area contributed by atoms with Crippen LogP contribution in [0.15, 0.2) is 29.3 Å². The van der Waals surface area contributed by atoms with Crippen LogP contribution in [0.2, 0.25) is 0 Å². The molecular weight excluding hydrogens is 420 g/mol. The van der Waals surface area contributed by atoms with Gasteiger partial charge in [-0.15, -0.1) is 0 Å². The Bertz CT molecular complexity index is 1080. The summed E-state index contributed by atoms with van der Waals surface area (Å²) >= 11 is 0. The van der Waals surface area contributed by atoms with Crippen LogP contribution >= 0.6 is 0 Å². The van der Waals surface area contributed by atoms with Gasteiger partial charge in [0.25, 0.3) is 5.91 Å². The molecule has 31 heavy (non-hydrogen) atoms. The summed E-state index contributed by atoms with van der Waals surface area (Å²) in [6, 6.07) is 4.49. The van der Waals surface area contributed by atoms with Crippen LogP contribution in [-0.2, 0) is 21.4 Å². The molecule has 1 unspecified atom stereocenters. The van der Waals surface area contributed by atoms with E-state index in [4.69, 9.17) is 5.73 Å². The highest BCUT2D eigenvalue weighted by atomic mass is 32.2. The number of likely N-dealkylation sites (tertiary alicyclic amines) is 1. The average molecular weight is 449 g/mol. The van der Waals surface area contributed by atoms with E-state index in [-0.39, 0.29) is 22.9 Å². The number of piperidine rings is 1. The zero-order chi connectivity index (χ0) is 22.8. The third-order valence-corrected chi connectivity index (χ3v) is 7.07. The molecule has 1 fully saturated rings. The largest absolute Gasteiger partial charge is 0.379 e. The van der Waals surface area contributed by atoms with Crippen LogP contribution in [0.1, 0.15) is 34.7 Å². The van der Waals surface area contributed by atoms with E-state index in [1.54, 1.807) is 17.2 Å². The highest BCUT2D eigenvalue weighted by Crippen LogP contribution is 2.25. The fraction of sp³-hybridized carbons (Fsp3) is 0.450. The topological polar surface area (TPSA) is 141 Å². The lowest BCUT2D eigenvalue weighted by Gasteiger charge is -2.31. The summed E-state index contributed by atoms with van der Waals surface area (Å²) < 4.78 is 26.6. The second-order valence-electron chi connectivity index (χ2n) is 7.87. The second kappa shape index (κ2) is 9.06. The van der Waals surface area contributed by atoms with Gasteiger partial charge in [0.2, 0.25) is 15.9 Å². The Balaban J connectivity index is 1.92. The smallest absolute Gasteiger partial charge is 0.253 e. The summed E-state index contributed by atoms with van der Waals surface area (Å²) in [7, 11) is -0.887. The van der Waals surface area contributed by atoms with Crippen molar-refractivity contribution in [2.45, 2.75) is 31.2 Å². The molecule has 0 radical (unpaired) electrons. The Kier molecular flexibility index (Phi) is 6.65. The Morgan fingerprint density at radius 3 is 2.68 bits per heavy atom. The van der Waals surface area contributed by atoms with E-state index in [0.29, 0.717) is 31.6 Å². The number of benzene rings is 1. The number of aromatic nitrogens is 2. The van der Waals surface area contributed by atoms with Crippen LogP contribution in [0.25, 0.3) is 0 Å². The lowest BCUT2D eigenvalue weighted by atomic mass is 9.97. The minimum atomic E-state index is -3.76. The Morgan fingerprint density at radius 1 is 1.32 bits per heavy atom. The molecule has 0 aliphatic carbocycles. The fourth-order valence-electron chi connectivity index (χ4n) is 3.52. The highest BCUT2D eigenvalue weighted by molar-refractivity contribution is 7.89. The van der Waals surface area contributed by atoms with Crippen molar-refractivity contribution in [3.63, 3.8) is 0 Å². The maximum atomic E-state index is 13.2. The molecule has 4 N–H and O–H groups in total. The predicted octanol–water partition coefficient (Wildman–Crippen LogP) is 0.918. The molecule has 2 aromatic rings. The van der Waals surface area contributed by atoms with Crippen molar-refractivity contribution in [2.24, 2.45) is 11.7 Å². The monoisotopic (exact) mass is 448 g/mol. The highest BCUT2D eigenvalue weighted by Gasteiger charge is 2.29. The van der Waals surface area contributed by atoms with Gasteiger partial charge in [-0.1, -0.05) is 0 Å². The number of nitrogens with zero attached hydrogens (tertiary/aromatic N) is 3. The van der Waals surface area contributed by atoms with Gasteiger partial charge in [0.1, 0.15) is 5.82 Å². The lowest BCUT2D eigenvalue weighted by Crippen LogP contribution is -2.44. The van der Waals surface area contributed by atoms with Gasteiger partial charge in [-0.3, -0.25) is 9.59 Å².